The van der Waals surface area contributed by atoms with Gasteiger partial charge in [-0.1, -0.05) is 29.8 Å². The molecule has 2 aromatic heterocycles. The Kier molecular flexibility index (Phi) is 10.8. The molecule has 0 bridgehead atoms. The van der Waals surface area contributed by atoms with Crippen LogP contribution >= 0.6 is 11.6 Å². The lowest BCUT2D eigenvalue weighted by atomic mass is 10.1. The van der Waals surface area contributed by atoms with E-state index in [9.17, 15) is 17.6 Å². The van der Waals surface area contributed by atoms with E-state index in [2.05, 4.69) is 25.6 Å². The number of ether oxygens (including phenoxy) is 1. The molecule has 0 aliphatic carbocycles. The summed E-state index contributed by atoms with van der Waals surface area (Å²) in [6.07, 6.45) is 6.59. The van der Waals surface area contributed by atoms with Gasteiger partial charge in [0.2, 0.25) is 5.95 Å². The van der Waals surface area contributed by atoms with Crippen LogP contribution in [-0.4, -0.2) is 64.2 Å². The van der Waals surface area contributed by atoms with Gasteiger partial charge in [0, 0.05) is 48.8 Å². The van der Waals surface area contributed by atoms with Gasteiger partial charge >= 0.3 is 0 Å². The van der Waals surface area contributed by atoms with Gasteiger partial charge in [0.1, 0.15) is 23.7 Å². The molecule has 1 fully saturated rings. The molecule has 0 radical (unpaired) electrons. The first-order valence-electron chi connectivity index (χ1n) is 13.2. The van der Waals surface area contributed by atoms with Gasteiger partial charge in [-0.05, 0) is 55.7 Å². The van der Waals surface area contributed by atoms with Crippen molar-refractivity contribution in [3.8, 4) is 5.82 Å². The summed E-state index contributed by atoms with van der Waals surface area (Å²) in [5, 5.41) is 6.34. The first-order chi connectivity index (χ1) is 20.5. The van der Waals surface area contributed by atoms with Crippen LogP contribution in [0.3, 0.4) is 0 Å². The number of carbonyl (C=O) groups excluding carboxylic acids is 1. The van der Waals surface area contributed by atoms with Crippen molar-refractivity contribution in [3.63, 3.8) is 0 Å². The fourth-order valence-electron chi connectivity index (χ4n) is 4.22. The maximum Gasteiger partial charge on any atom is 0.294 e. The molecule has 15 heteroatoms. The summed E-state index contributed by atoms with van der Waals surface area (Å²) in [7, 11) is -4.00. The van der Waals surface area contributed by atoms with Gasteiger partial charge in [-0.25, -0.2) is 14.4 Å². The lowest BCUT2D eigenvalue weighted by Crippen LogP contribution is -2.33. The number of hydrogen-bond acceptors (Lipinski definition) is 9. The van der Waals surface area contributed by atoms with Crippen molar-refractivity contribution in [3.05, 3.63) is 94.9 Å². The van der Waals surface area contributed by atoms with Crippen molar-refractivity contribution < 1.29 is 26.9 Å². The molecule has 1 saturated heterocycles. The van der Waals surface area contributed by atoms with Crippen LogP contribution < -0.4 is 16.4 Å². The Bertz CT molecular complexity index is 1630. The molecule has 1 atom stereocenters. The second kappa shape index (κ2) is 14.5. The minimum absolute atomic E-state index is 0.0679. The first-order valence-corrected chi connectivity index (χ1v) is 15.1. The summed E-state index contributed by atoms with van der Waals surface area (Å²) < 4.78 is 50.0. The molecule has 0 spiro atoms. The van der Waals surface area contributed by atoms with Crippen molar-refractivity contribution in [2.24, 2.45) is 5.73 Å². The fourth-order valence-corrected chi connectivity index (χ4v) is 4.95. The average molecular weight is 632 g/mol. The average Bonchev–Trinajstić information content (AvgIpc) is 3.48. The largest absolute Gasteiger partial charge is 0.381 e. The molecule has 3 heterocycles. The molecule has 43 heavy (non-hydrogen) atoms. The van der Waals surface area contributed by atoms with E-state index in [1.807, 2.05) is 6.92 Å². The van der Waals surface area contributed by atoms with Crippen LogP contribution in [0.5, 0.6) is 0 Å². The zero-order valence-corrected chi connectivity index (χ0v) is 24.7. The molecule has 5 N–H and O–H groups in total. The predicted molar refractivity (Wildman–Crippen MR) is 158 cm³/mol. The number of amides is 1. The standard InChI is InChI=1S/C22H25ClFN7O2.C6H6O3S/c1-13-10-26-22(28-17-2-4-33-5-3-17)30-20(13)31-11-19(27-12-31)21(32)29-18(9-25)14-6-15(23)8-16(24)7-14;7-10(8,9)6-4-2-1-3-5-6/h6-8,10-12,17-18H,2-5,9,25H2,1H3,(H,29,32)(H,26,28,30);1-5H,(H,7,8,9)/t18-;/m1./s1. The third kappa shape index (κ3) is 9.02. The maximum absolute atomic E-state index is 13.7. The van der Waals surface area contributed by atoms with Gasteiger partial charge in [-0.2, -0.15) is 13.4 Å². The molecule has 2 aromatic carbocycles. The summed E-state index contributed by atoms with van der Waals surface area (Å²) in [6, 6.07) is 11.1. The van der Waals surface area contributed by atoms with E-state index in [4.69, 9.17) is 26.6 Å². The maximum atomic E-state index is 13.7. The summed E-state index contributed by atoms with van der Waals surface area (Å²) in [4.78, 5) is 25.9. The number of nitrogens with one attached hydrogen (secondary N) is 2. The number of anilines is 1. The van der Waals surface area contributed by atoms with E-state index in [0.29, 0.717) is 30.5 Å². The molecule has 1 amide bonds. The zero-order chi connectivity index (χ0) is 31.0. The molecule has 0 unspecified atom stereocenters. The zero-order valence-electron chi connectivity index (χ0n) is 23.2. The summed E-state index contributed by atoms with van der Waals surface area (Å²) in [5.41, 5.74) is 7.28. The highest BCUT2D eigenvalue weighted by molar-refractivity contribution is 7.85. The van der Waals surface area contributed by atoms with E-state index >= 15 is 0 Å². The Labute approximate surface area is 253 Å². The van der Waals surface area contributed by atoms with Gasteiger partial charge in [0.05, 0.1) is 10.9 Å². The van der Waals surface area contributed by atoms with Crippen molar-refractivity contribution in [2.75, 3.05) is 25.1 Å². The highest BCUT2D eigenvalue weighted by Crippen LogP contribution is 2.21. The first kappa shape index (κ1) is 32.0. The van der Waals surface area contributed by atoms with Crippen LogP contribution in [0.4, 0.5) is 10.3 Å². The van der Waals surface area contributed by atoms with E-state index in [0.717, 1.165) is 18.4 Å². The second-order valence-electron chi connectivity index (χ2n) is 9.65. The predicted octanol–water partition coefficient (Wildman–Crippen LogP) is 3.72. The Morgan fingerprint density at radius 2 is 1.93 bits per heavy atom. The van der Waals surface area contributed by atoms with Crippen LogP contribution in [0.2, 0.25) is 5.02 Å². The van der Waals surface area contributed by atoms with Gasteiger partial charge in [-0.3, -0.25) is 13.9 Å². The number of nitrogens with zero attached hydrogens (tertiary/aromatic N) is 4. The lowest BCUT2D eigenvalue weighted by Gasteiger charge is -2.23. The molecule has 1 aliphatic heterocycles. The smallest absolute Gasteiger partial charge is 0.294 e. The van der Waals surface area contributed by atoms with Gasteiger partial charge in [0.15, 0.2) is 0 Å². The number of nitrogens with two attached hydrogens (primary N) is 1. The minimum Gasteiger partial charge on any atom is -0.381 e. The molecule has 12 nitrogen and oxygen atoms in total. The number of rotatable bonds is 8. The van der Waals surface area contributed by atoms with E-state index in [1.165, 1.54) is 30.6 Å². The number of aryl methyl sites for hydroxylation is 1. The van der Waals surface area contributed by atoms with E-state index < -0.39 is 27.9 Å². The Morgan fingerprint density at radius 1 is 1.21 bits per heavy atom. The lowest BCUT2D eigenvalue weighted by molar-refractivity contribution is 0.0903. The highest BCUT2D eigenvalue weighted by atomic mass is 35.5. The normalized spacial score (nSPS) is 14.3. The summed E-state index contributed by atoms with van der Waals surface area (Å²) >= 11 is 5.93. The van der Waals surface area contributed by atoms with Gasteiger partial charge in [0.25, 0.3) is 16.0 Å². The van der Waals surface area contributed by atoms with Crippen LogP contribution in [0.1, 0.15) is 40.5 Å². The van der Waals surface area contributed by atoms with Crippen molar-refractivity contribution >= 4 is 33.6 Å². The van der Waals surface area contributed by atoms with E-state index in [-0.39, 0.29) is 28.2 Å². The second-order valence-corrected chi connectivity index (χ2v) is 11.5. The third-order valence-corrected chi connectivity index (χ3v) is 7.51. The third-order valence-electron chi connectivity index (χ3n) is 6.43. The Morgan fingerprint density at radius 3 is 2.56 bits per heavy atom. The number of halogens is 2. The number of benzene rings is 2. The number of imidazole rings is 1. The molecule has 1 aliphatic rings. The number of aromatic nitrogens is 4. The van der Waals surface area contributed by atoms with Crippen LogP contribution in [0.25, 0.3) is 5.82 Å². The van der Waals surface area contributed by atoms with Crippen LogP contribution in [0, 0.1) is 12.7 Å². The van der Waals surface area contributed by atoms with Crippen molar-refractivity contribution in [1.29, 1.82) is 0 Å². The number of hydrogen-bond donors (Lipinski definition) is 4. The summed E-state index contributed by atoms with van der Waals surface area (Å²) in [5.74, 6) is 0.169. The topological polar surface area (TPSA) is 174 Å². The molecule has 5 rings (SSSR count). The summed E-state index contributed by atoms with van der Waals surface area (Å²) in [6.45, 7) is 3.37. The van der Waals surface area contributed by atoms with Crippen LogP contribution in [-0.2, 0) is 14.9 Å². The van der Waals surface area contributed by atoms with E-state index in [1.54, 1.807) is 41.2 Å². The molecule has 4 aromatic rings. The molecule has 0 saturated carbocycles. The molecular weight excluding hydrogens is 601 g/mol. The SMILES string of the molecule is Cc1cnc(NC2CCOCC2)nc1-n1cnc(C(=O)N[C@H](CN)c2cc(F)cc(Cl)c2)c1.O=S(=O)(O)c1ccccc1. The van der Waals surface area contributed by atoms with Gasteiger partial charge in [-0.15, -0.1) is 0 Å². The fraction of sp³-hybridized carbons (Fsp3) is 0.286. The Hall–Kier alpha value is -3.95. The highest BCUT2D eigenvalue weighted by Gasteiger charge is 2.19. The molecule has 228 valence electrons. The molecular formula is C28H31ClFN7O5S. The number of carbonyl (C=O) groups is 1. The van der Waals surface area contributed by atoms with Crippen LogP contribution in [0.15, 0.2) is 72.1 Å². The van der Waals surface area contributed by atoms with Crippen molar-refractivity contribution in [2.45, 2.75) is 36.7 Å². The van der Waals surface area contributed by atoms with Crippen molar-refractivity contribution in [1.82, 2.24) is 24.8 Å². The van der Waals surface area contributed by atoms with Gasteiger partial charge < -0.3 is 21.1 Å². The monoisotopic (exact) mass is 631 g/mol. The Balaban J connectivity index is 0.000000359. The minimum atomic E-state index is -4.00. The quantitative estimate of drug-likeness (QED) is 0.210.